The summed E-state index contributed by atoms with van der Waals surface area (Å²) in [6.45, 7) is 5.38. The Morgan fingerprint density at radius 3 is 2.56 bits per heavy atom. The van der Waals surface area contributed by atoms with E-state index in [9.17, 15) is 0 Å². The van der Waals surface area contributed by atoms with Crippen LogP contribution in [0.4, 0.5) is 17.8 Å². The monoisotopic (exact) mass is 347 g/mol. The molecule has 2 fully saturated rings. The average Bonchev–Trinajstić information content (AvgIpc) is 2.90. The summed E-state index contributed by atoms with van der Waals surface area (Å²) in [4.78, 5) is 18.0. The molecule has 1 aliphatic carbocycles. The van der Waals surface area contributed by atoms with Gasteiger partial charge in [-0.05, 0) is 38.8 Å². The number of nitrogen functional groups attached to an aromatic ring is 1. The molecule has 0 aromatic carbocycles. The van der Waals surface area contributed by atoms with Crippen LogP contribution in [0.1, 0.15) is 58.3 Å². The van der Waals surface area contributed by atoms with E-state index in [-0.39, 0.29) is 0 Å². The molecule has 1 atom stereocenters. The first kappa shape index (κ1) is 18.2. The van der Waals surface area contributed by atoms with Crippen LogP contribution in [-0.2, 0) is 0 Å². The Bertz CT molecular complexity index is 542. The second kappa shape index (κ2) is 8.65. The summed E-state index contributed by atoms with van der Waals surface area (Å²) < 4.78 is 0. The van der Waals surface area contributed by atoms with Gasteiger partial charge in [0.25, 0.3) is 0 Å². The fourth-order valence-electron chi connectivity index (χ4n) is 4.18. The minimum atomic E-state index is 0.298. The number of aromatic nitrogens is 3. The van der Waals surface area contributed by atoms with E-state index in [0.717, 1.165) is 13.1 Å². The minimum absolute atomic E-state index is 0.298. The second-order valence-electron chi connectivity index (χ2n) is 7.38. The lowest BCUT2D eigenvalue weighted by Gasteiger charge is -2.27. The third-order valence-corrected chi connectivity index (χ3v) is 5.73. The molecule has 1 aliphatic heterocycles. The van der Waals surface area contributed by atoms with Gasteiger partial charge in [-0.1, -0.05) is 32.6 Å². The van der Waals surface area contributed by atoms with Gasteiger partial charge in [-0.25, -0.2) is 0 Å². The summed E-state index contributed by atoms with van der Waals surface area (Å²) in [7, 11) is 2.09. The number of nitrogens with two attached hydrogens (primary N) is 1. The van der Waals surface area contributed by atoms with Crippen molar-refractivity contribution in [1.82, 2.24) is 19.9 Å². The smallest absolute Gasteiger partial charge is 0.231 e. The predicted molar refractivity (Wildman–Crippen MR) is 103 cm³/mol. The molecule has 7 heteroatoms. The van der Waals surface area contributed by atoms with Gasteiger partial charge in [0.1, 0.15) is 0 Å². The van der Waals surface area contributed by atoms with E-state index in [0.29, 0.717) is 29.9 Å². The molecule has 1 aromatic rings. The molecule has 140 valence electrons. The molecule has 0 spiro atoms. The minimum Gasteiger partial charge on any atom is -0.368 e. The van der Waals surface area contributed by atoms with E-state index in [1.165, 1.54) is 57.9 Å². The van der Waals surface area contributed by atoms with E-state index in [1.807, 2.05) is 0 Å². The molecule has 7 nitrogen and oxygen atoms in total. The molecule has 0 bridgehead atoms. The Kier molecular flexibility index (Phi) is 6.29. The van der Waals surface area contributed by atoms with Crippen LogP contribution in [0.2, 0.25) is 0 Å². The van der Waals surface area contributed by atoms with Crippen molar-refractivity contribution in [3.63, 3.8) is 0 Å². The Labute approximate surface area is 151 Å². The van der Waals surface area contributed by atoms with E-state index in [4.69, 9.17) is 5.73 Å². The lowest BCUT2D eigenvalue weighted by atomic mass is 10.1. The standard InChI is InChI=1S/C18H33N7/c1-3-25-12-8-11-15(25)13-20-17-21-16(19)22-18(23-17)24(2)14-9-6-4-5-7-10-14/h14-15H,3-13H2,1-2H3,(H3,19,20,21,22,23). The number of nitrogens with one attached hydrogen (secondary N) is 1. The molecule has 3 N–H and O–H groups in total. The zero-order valence-corrected chi connectivity index (χ0v) is 15.7. The zero-order chi connectivity index (χ0) is 17.6. The van der Waals surface area contributed by atoms with Gasteiger partial charge in [0.2, 0.25) is 17.8 Å². The van der Waals surface area contributed by atoms with Gasteiger partial charge < -0.3 is 16.0 Å². The van der Waals surface area contributed by atoms with Crippen molar-refractivity contribution in [2.24, 2.45) is 0 Å². The summed E-state index contributed by atoms with van der Waals surface area (Å²) in [6, 6.07) is 1.06. The van der Waals surface area contributed by atoms with Crippen LogP contribution >= 0.6 is 0 Å². The van der Waals surface area contributed by atoms with Crippen molar-refractivity contribution in [3.8, 4) is 0 Å². The fraction of sp³-hybridized carbons (Fsp3) is 0.833. The van der Waals surface area contributed by atoms with Crippen molar-refractivity contribution in [1.29, 1.82) is 0 Å². The lowest BCUT2D eigenvalue weighted by Crippen LogP contribution is -2.35. The predicted octanol–water partition coefficient (Wildman–Crippen LogP) is 2.51. The van der Waals surface area contributed by atoms with Crippen molar-refractivity contribution in [3.05, 3.63) is 0 Å². The van der Waals surface area contributed by atoms with E-state index < -0.39 is 0 Å². The van der Waals surface area contributed by atoms with Crippen LogP contribution in [0.15, 0.2) is 0 Å². The molecule has 1 saturated carbocycles. The van der Waals surface area contributed by atoms with Crippen molar-refractivity contribution < 1.29 is 0 Å². The van der Waals surface area contributed by atoms with Crippen molar-refractivity contribution in [2.45, 2.75) is 70.4 Å². The molecule has 1 saturated heterocycles. The quantitative estimate of drug-likeness (QED) is 0.765. The first-order valence-corrected chi connectivity index (χ1v) is 9.89. The number of anilines is 3. The van der Waals surface area contributed by atoms with Gasteiger partial charge in [-0.15, -0.1) is 0 Å². The number of rotatable bonds is 6. The van der Waals surface area contributed by atoms with Gasteiger partial charge in [-0.3, -0.25) is 4.90 Å². The van der Waals surface area contributed by atoms with Crippen LogP contribution in [0.25, 0.3) is 0 Å². The average molecular weight is 348 g/mol. The zero-order valence-electron chi connectivity index (χ0n) is 15.7. The van der Waals surface area contributed by atoms with Gasteiger partial charge in [0.05, 0.1) is 0 Å². The third kappa shape index (κ3) is 4.71. The molecule has 0 amide bonds. The second-order valence-corrected chi connectivity index (χ2v) is 7.38. The fourth-order valence-corrected chi connectivity index (χ4v) is 4.18. The maximum absolute atomic E-state index is 5.96. The SMILES string of the molecule is CCN1CCCC1CNc1nc(N)nc(N(C)C2CCCCCC2)n1. The number of hydrogen-bond acceptors (Lipinski definition) is 7. The van der Waals surface area contributed by atoms with Crippen LogP contribution in [0, 0.1) is 0 Å². The molecule has 2 aliphatic rings. The molecular formula is C18H33N7. The maximum Gasteiger partial charge on any atom is 0.231 e. The highest BCUT2D eigenvalue weighted by molar-refractivity contribution is 5.42. The summed E-state index contributed by atoms with van der Waals surface area (Å²) in [5.41, 5.74) is 5.96. The highest BCUT2D eigenvalue weighted by Crippen LogP contribution is 2.24. The van der Waals surface area contributed by atoms with E-state index in [1.54, 1.807) is 0 Å². The van der Waals surface area contributed by atoms with Gasteiger partial charge in [0.15, 0.2) is 0 Å². The Morgan fingerprint density at radius 2 is 1.84 bits per heavy atom. The van der Waals surface area contributed by atoms with E-state index in [2.05, 4.69) is 44.0 Å². The van der Waals surface area contributed by atoms with Crippen molar-refractivity contribution >= 4 is 17.8 Å². The van der Waals surface area contributed by atoms with Gasteiger partial charge in [0, 0.05) is 25.7 Å². The summed E-state index contributed by atoms with van der Waals surface area (Å²) in [5, 5.41) is 3.39. The molecule has 1 aromatic heterocycles. The highest BCUT2D eigenvalue weighted by atomic mass is 15.3. The Balaban J connectivity index is 1.65. The molecule has 0 radical (unpaired) electrons. The summed E-state index contributed by atoms with van der Waals surface area (Å²) in [5.74, 6) is 1.60. The van der Waals surface area contributed by atoms with Gasteiger partial charge >= 0.3 is 0 Å². The first-order chi connectivity index (χ1) is 12.2. The largest absolute Gasteiger partial charge is 0.368 e. The maximum atomic E-state index is 5.96. The van der Waals surface area contributed by atoms with Crippen LogP contribution < -0.4 is 16.0 Å². The summed E-state index contributed by atoms with van der Waals surface area (Å²) in [6.07, 6.45) is 10.2. The van der Waals surface area contributed by atoms with Crippen molar-refractivity contribution in [2.75, 3.05) is 42.6 Å². The third-order valence-electron chi connectivity index (χ3n) is 5.73. The number of likely N-dealkylation sites (tertiary alicyclic amines) is 1. The molecule has 25 heavy (non-hydrogen) atoms. The van der Waals surface area contributed by atoms with Crippen LogP contribution in [-0.4, -0.2) is 58.6 Å². The highest BCUT2D eigenvalue weighted by Gasteiger charge is 2.24. The van der Waals surface area contributed by atoms with Gasteiger partial charge in [-0.2, -0.15) is 15.0 Å². The molecule has 2 heterocycles. The molecular weight excluding hydrogens is 314 g/mol. The van der Waals surface area contributed by atoms with E-state index >= 15 is 0 Å². The Morgan fingerprint density at radius 1 is 1.08 bits per heavy atom. The number of nitrogens with zero attached hydrogens (tertiary/aromatic N) is 5. The molecule has 1 unspecified atom stereocenters. The normalized spacial score (nSPS) is 22.7. The first-order valence-electron chi connectivity index (χ1n) is 9.89. The van der Waals surface area contributed by atoms with Crippen LogP contribution in [0.3, 0.4) is 0 Å². The summed E-state index contributed by atoms with van der Waals surface area (Å²) >= 11 is 0. The van der Waals surface area contributed by atoms with Crippen LogP contribution in [0.5, 0.6) is 0 Å². The lowest BCUT2D eigenvalue weighted by molar-refractivity contribution is 0.277. The number of hydrogen-bond donors (Lipinski definition) is 2. The topological polar surface area (TPSA) is 83.2 Å². The molecule has 3 rings (SSSR count). The Hall–Kier alpha value is -1.63. The number of likely N-dealkylation sites (N-methyl/N-ethyl adjacent to an activating group) is 1.